The molecule has 0 aliphatic rings. The maximum Gasteiger partial charge on any atom is 0.333 e. The van der Waals surface area contributed by atoms with Crippen molar-refractivity contribution in [2.75, 3.05) is 7.11 Å². The summed E-state index contributed by atoms with van der Waals surface area (Å²) in [5.41, 5.74) is 4.20. The lowest BCUT2D eigenvalue weighted by Crippen LogP contribution is -2.03. The fraction of sp³-hybridized carbons (Fsp3) is 0.154. The summed E-state index contributed by atoms with van der Waals surface area (Å²) in [5, 5.41) is 8.48. The molecule has 2 rings (SSSR count). The number of aliphatic carboxylic acids is 1. The van der Waals surface area contributed by atoms with E-state index in [-0.39, 0.29) is 17.6 Å². The Hall–Kier alpha value is -3.66. The molecule has 1 N–H and O–H groups in total. The highest BCUT2D eigenvalue weighted by Gasteiger charge is 2.05. The molecule has 2 aromatic carbocycles. The third-order valence-electron chi connectivity index (χ3n) is 4.13. The van der Waals surface area contributed by atoms with E-state index in [1.165, 1.54) is 36.8 Å². The summed E-state index contributed by atoms with van der Waals surface area (Å²) in [5.74, 6) is -1.52. The van der Waals surface area contributed by atoms with Crippen molar-refractivity contribution in [1.82, 2.24) is 0 Å². The van der Waals surface area contributed by atoms with E-state index in [1.54, 1.807) is 0 Å². The minimum absolute atomic E-state index is 0.185. The molecule has 4 heteroatoms. The SMILES string of the molecule is C=C(CC=C(C)C(=O)O)C(=O)OC.CC(=CC=Cc1ccccc1)c1ccccc1. The van der Waals surface area contributed by atoms with Crippen LogP contribution in [0.3, 0.4) is 0 Å². The molecule has 30 heavy (non-hydrogen) atoms. The lowest BCUT2D eigenvalue weighted by Gasteiger charge is -1.99. The molecule has 4 nitrogen and oxygen atoms in total. The third kappa shape index (κ3) is 9.51. The average molecular weight is 405 g/mol. The van der Waals surface area contributed by atoms with Crippen molar-refractivity contribution in [3.63, 3.8) is 0 Å². The molecule has 0 saturated carbocycles. The van der Waals surface area contributed by atoms with Gasteiger partial charge < -0.3 is 9.84 Å². The maximum atomic E-state index is 10.8. The van der Waals surface area contributed by atoms with Gasteiger partial charge in [-0.3, -0.25) is 0 Å². The highest BCUT2D eigenvalue weighted by Crippen LogP contribution is 2.13. The van der Waals surface area contributed by atoms with Gasteiger partial charge >= 0.3 is 11.9 Å². The van der Waals surface area contributed by atoms with Gasteiger partial charge in [0.25, 0.3) is 0 Å². The number of esters is 1. The molecule has 2 aromatic rings. The first-order valence-corrected chi connectivity index (χ1v) is 9.46. The summed E-state index contributed by atoms with van der Waals surface area (Å²) in [6.45, 7) is 7.03. The molecular formula is C26H28O4. The van der Waals surface area contributed by atoms with Gasteiger partial charge in [0.2, 0.25) is 0 Å². The van der Waals surface area contributed by atoms with E-state index < -0.39 is 11.9 Å². The Morgan fingerprint density at radius 2 is 1.57 bits per heavy atom. The Kier molecular flexibility index (Phi) is 11.0. The zero-order valence-electron chi connectivity index (χ0n) is 17.7. The first kappa shape index (κ1) is 24.4. The second-order valence-corrected chi connectivity index (χ2v) is 6.48. The molecule has 0 fully saturated rings. The predicted molar refractivity (Wildman–Crippen MR) is 123 cm³/mol. The van der Waals surface area contributed by atoms with Crippen LogP contribution in [0.1, 0.15) is 31.4 Å². The van der Waals surface area contributed by atoms with E-state index in [0.717, 1.165) is 0 Å². The van der Waals surface area contributed by atoms with Crippen LogP contribution in [-0.2, 0) is 14.3 Å². The lowest BCUT2D eigenvalue weighted by atomic mass is 10.1. The zero-order valence-corrected chi connectivity index (χ0v) is 17.7. The smallest absolute Gasteiger partial charge is 0.333 e. The monoisotopic (exact) mass is 404 g/mol. The van der Waals surface area contributed by atoms with Crippen LogP contribution in [0.2, 0.25) is 0 Å². The summed E-state index contributed by atoms with van der Waals surface area (Å²) in [6, 6.07) is 20.7. The van der Waals surface area contributed by atoms with Crippen molar-refractivity contribution in [1.29, 1.82) is 0 Å². The molecule has 0 unspecified atom stereocenters. The zero-order chi connectivity index (χ0) is 22.4. The van der Waals surface area contributed by atoms with Crippen LogP contribution in [0.4, 0.5) is 0 Å². The lowest BCUT2D eigenvalue weighted by molar-refractivity contribution is -0.136. The molecular weight excluding hydrogens is 376 g/mol. The Bertz CT molecular complexity index is 920. The quantitative estimate of drug-likeness (QED) is 0.352. The number of methoxy groups -OCH3 is 1. The molecule has 0 radical (unpaired) electrons. The summed E-state index contributed by atoms with van der Waals surface area (Å²) < 4.78 is 4.39. The average Bonchev–Trinajstić information content (AvgIpc) is 2.78. The van der Waals surface area contributed by atoms with Gasteiger partial charge in [-0.25, -0.2) is 9.59 Å². The highest BCUT2D eigenvalue weighted by atomic mass is 16.5. The van der Waals surface area contributed by atoms with E-state index in [4.69, 9.17) is 5.11 Å². The topological polar surface area (TPSA) is 63.6 Å². The second-order valence-electron chi connectivity index (χ2n) is 6.48. The second kappa shape index (κ2) is 13.5. The number of allylic oxidation sites excluding steroid dienone is 4. The van der Waals surface area contributed by atoms with E-state index in [1.807, 2.05) is 24.3 Å². The van der Waals surface area contributed by atoms with Gasteiger partial charge in [-0.15, -0.1) is 0 Å². The molecule has 0 amide bonds. The number of rotatable bonds is 7. The fourth-order valence-electron chi connectivity index (χ4n) is 2.26. The Balaban J connectivity index is 0.000000314. The number of hydrogen-bond donors (Lipinski definition) is 1. The summed E-state index contributed by atoms with van der Waals surface area (Å²) >= 11 is 0. The van der Waals surface area contributed by atoms with Crippen molar-refractivity contribution in [2.45, 2.75) is 20.3 Å². The highest BCUT2D eigenvalue weighted by molar-refractivity contribution is 5.89. The first-order valence-electron chi connectivity index (χ1n) is 9.46. The fourth-order valence-corrected chi connectivity index (χ4v) is 2.26. The number of hydrogen-bond acceptors (Lipinski definition) is 3. The predicted octanol–water partition coefficient (Wildman–Crippen LogP) is 5.94. The third-order valence-corrected chi connectivity index (χ3v) is 4.13. The van der Waals surface area contributed by atoms with Gasteiger partial charge in [-0.2, -0.15) is 0 Å². The molecule has 0 spiro atoms. The van der Waals surface area contributed by atoms with Gasteiger partial charge in [0.1, 0.15) is 0 Å². The summed E-state index contributed by atoms with van der Waals surface area (Å²) in [6.07, 6.45) is 7.97. The Labute approximate surface area is 178 Å². The van der Waals surface area contributed by atoms with Gasteiger partial charge in [0.15, 0.2) is 0 Å². The number of carboxylic acids is 1. The molecule has 0 saturated heterocycles. The van der Waals surface area contributed by atoms with Crippen LogP contribution < -0.4 is 0 Å². The molecule has 0 bridgehead atoms. The largest absolute Gasteiger partial charge is 0.478 e. The van der Waals surface area contributed by atoms with Crippen molar-refractivity contribution >= 4 is 23.6 Å². The van der Waals surface area contributed by atoms with E-state index >= 15 is 0 Å². The van der Waals surface area contributed by atoms with E-state index in [0.29, 0.717) is 0 Å². The molecule has 0 atom stereocenters. The maximum absolute atomic E-state index is 10.8. The Morgan fingerprint density at radius 3 is 2.10 bits per heavy atom. The van der Waals surface area contributed by atoms with Gasteiger partial charge in [0, 0.05) is 11.1 Å². The van der Waals surface area contributed by atoms with Crippen molar-refractivity contribution < 1.29 is 19.4 Å². The molecule has 0 heterocycles. The van der Waals surface area contributed by atoms with Crippen LogP contribution in [-0.4, -0.2) is 24.2 Å². The number of carbonyl (C=O) groups is 2. The van der Waals surface area contributed by atoms with Crippen LogP contribution >= 0.6 is 0 Å². The number of ether oxygens (including phenoxy) is 1. The first-order chi connectivity index (χ1) is 14.3. The molecule has 0 aliphatic carbocycles. The van der Waals surface area contributed by atoms with Gasteiger partial charge in [-0.05, 0) is 37.0 Å². The van der Waals surface area contributed by atoms with Crippen molar-refractivity contribution in [3.05, 3.63) is 108 Å². The van der Waals surface area contributed by atoms with Crippen LogP contribution in [0, 0.1) is 0 Å². The van der Waals surface area contributed by atoms with Crippen LogP contribution in [0.25, 0.3) is 11.6 Å². The summed E-state index contributed by atoms with van der Waals surface area (Å²) in [4.78, 5) is 21.1. The normalized spacial score (nSPS) is 11.4. The molecule has 0 aliphatic heterocycles. The van der Waals surface area contributed by atoms with Crippen molar-refractivity contribution in [3.8, 4) is 0 Å². The standard InChI is InChI=1S/C17H16.C9H12O4/c1-15(17-13-6-3-7-14-17)9-8-12-16-10-4-2-5-11-16;1-6(8(10)11)4-5-7(2)9(12)13-3/h2-14H,1H3;4H,2,5H2,1,3H3,(H,10,11). The number of benzene rings is 2. The Morgan fingerprint density at radius 1 is 1.00 bits per heavy atom. The van der Waals surface area contributed by atoms with Crippen molar-refractivity contribution in [2.24, 2.45) is 0 Å². The van der Waals surface area contributed by atoms with Crippen LogP contribution in [0.5, 0.6) is 0 Å². The van der Waals surface area contributed by atoms with Gasteiger partial charge in [-0.1, -0.05) is 91.5 Å². The minimum Gasteiger partial charge on any atom is -0.478 e. The van der Waals surface area contributed by atoms with E-state index in [2.05, 4.69) is 72.9 Å². The number of carbonyl (C=O) groups excluding carboxylic acids is 1. The summed E-state index contributed by atoms with van der Waals surface area (Å²) in [7, 11) is 1.25. The minimum atomic E-state index is -1.00. The molecule has 156 valence electrons. The number of carboxylic acid groups (broad SMARTS) is 1. The van der Waals surface area contributed by atoms with Crippen LogP contribution in [0.15, 0.2) is 96.6 Å². The van der Waals surface area contributed by atoms with Gasteiger partial charge in [0.05, 0.1) is 7.11 Å². The molecule has 0 aromatic heterocycles. The van der Waals surface area contributed by atoms with E-state index in [9.17, 15) is 9.59 Å².